The van der Waals surface area contributed by atoms with Crippen LogP contribution in [-0.2, 0) is 6.61 Å². The summed E-state index contributed by atoms with van der Waals surface area (Å²) in [4.78, 5) is 0. The molecule has 2 heterocycles. The summed E-state index contributed by atoms with van der Waals surface area (Å²) in [5.74, 6) is 2.24. The van der Waals surface area contributed by atoms with Crippen LogP contribution in [-0.4, -0.2) is 31.6 Å². The molecule has 0 unspecified atom stereocenters. The Morgan fingerprint density at radius 2 is 2.55 bits per heavy atom. The van der Waals surface area contributed by atoms with Crippen LogP contribution in [0.15, 0.2) is 6.20 Å². The normalized spacial score (nSPS) is 18.3. The monoisotopic (exact) mass is 171 g/mol. The fraction of sp³-hybridized carbons (Fsp3) is 0.667. The van der Waals surface area contributed by atoms with Gasteiger partial charge in [0.05, 0.1) is 18.8 Å². The SMILES string of the molecule is OCc1cn(C2CSC2)nn1. The molecule has 0 radical (unpaired) electrons. The molecule has 4 nitrogen and oxygen atoms in total. The first-order valence-electron chi connectivity index (χ1n) is 3.49. The van der Waals surface area contributed by atoms with Crippen molar-refractivity contribution in [3.8, 4) is 0 Å². The van der Waals surface area contributed by atoms with Crippen LogP contribution in [0.2, 0.25) is 0 Å². The number of hydrogen-bond donors (Lipinski definition) is 1. The summed E-state index contributed by atoms with van der Waals surface area (Å²) >= 11 is 1.91. The third-order valence-electron chi connectivity index (χ3n) is 1.71. The van der Waals surface area contributed by atoms with Crippen LogP contribution >= 0.6 is 11.8 Å². The van der Waals surface area contributed by atoms with Gasteiger partial charge in [0.1, 0.15) is 5.69 Å². The molecule has 0 amide bonds. The molecule has 5 heteroatoms. The average Bonchev–Trinajstić information content (AvgIpc) is 2.32. The van der Waals surface area contributed by atoms with Crippen molar-refractivity contribution in [1.29, 1.82) is 0 Å². The number of nitrogens with zero attached hydrogens (tertiary/aromatic N) is 3. The number of thioether (sulfide) groups is 1. The summed E-state index contributed by atoms with van der Waals surface area (Å²) in [5.41, 5.74) is 0.655. The van der Waals surface area contributed by atoms with Gasteiger partial charge in [-0.25, -0.2) is 4.68 Å². The molecular weight excluding hydrogens is 162 g/mol. The molecule has 1 N–H and O–H groups in total. The standard InChI is InChI=1S/C6H9N3OS/c10-2-5-1-9(8-7-5)6-3-11-4-6/h1,6,10H,2-4H2. The summed E-state index contributed by atoms with van der Waals surface area (Å²) < 4.78 is 1.84. The molecule has 1 fully saturated rings. The zero-order valence-corrected chi connectivity index (χ0v) is 6.79. The molecule has 0 aromatic carbocycles. The number of aliphatic hydroxyl groups is 1. The van der Waals surface area contributed by atoms with Gasteiger partial charge in [-0.05, 0) is 0 Å². The van der Waals surface area contributed by atoms with Crippen LogP contribution < -0.4 is 0 Å². The van der Waals surface area contributed by atoms with E-state index in [9.17, 15) is 0 Å². The Bertz CT molecular complexity index is 246. The fourth-order valence-electron chi connectivity index (χ4n) is 0.940. The van der Waals surface area contributed by atoms with Crippen LogP contribution in [0.5, 0.6) is 0 Å². The van der Waals surface area contributed by atoms with Crippen LogP contribution in [0.3, 0.4) is 0 Å². The van der Waals surface area contributed by atoms with E-state index in [2.05, 4.69) is 10.3 Å². The quantitative estimate of drug-likeness (QED) is 0.683. The summed E-state index contributed by atoms with van der Waals surface area (Å²) in [6, 6.07) is 0.507. The Balaban J connectivity index is 2.11. The Morgan fingerprint density at radius 3 is 3.00 bits per heavy atom. The van der Waals surface area contributed by atoms with Gasteiger partial charge in [-0.1, -0.05) is 5.21 Å². The highest BCUT2D eigenvalue weighted by Gasteiger charge is 2.20. The lowest BCUT2D eigenvalue weighted by atomic mass is 10.4. The summed E-state index contributed by atoms with van der Waals surface area (Å²) in [6.45, 7) is -0.0140. The van der Waals surface area contributed by atoms with Crippen molar-refractivity contribution in [2.24, 2.45) is 0 Å². The Labute approximate surface area is 68.6 Å². The predicted molar refractivity (Wildman–Crippen MR) is 42.3 cm³/mol. The van der Waals surface area contributed by atoms with Crippen molar-refractivity contribution in [3.63, 3.8) is 0 Å². The first-order valence-corrected chi connectivity index (χ1v) is 4.65. The van der Waals surface area contributed by atoms with E-state index < -0.39 is 0 Å². The maximum Gasteiger partial charge on any atom is 0.108 e. The van der Waals surface area contributed by atoms with Gasteiger partial charge in [-0.3, -0.25) is 0 Å². The Hall–Kier alpha value is -0.550. The highest BCUT2D eigenvalue weighted by atomic mass is 32.2. The third-order valence-corrected chi connectivity index (χ3v) is 2.96. The molecule has 2 rings (SSSR count). The fourth-order valence-corrected chi connectivity index (χ4v) is 1.69. The van der Waals surface area contributed by atoms with Gasteiger partial charge in [0, 0.05) is 11.5 Å². The van der Waals surface area contributed by atoms with Crippen LogP contribution in [0.1, 0.15) is 11.7 Å². The van der Waals surface area contributed by atoms with E-state index in [0.717, 1.165) is 11.5 Å². The lowest BCUT2D eigenvalue weighted by molar-refractivity contribution is 0.276. The number of aliphatic hydroxyl groups excluding tert-OH is 1. The summed E-state index contributed by atoms with van der Waals surface area (Å²) in [6.07, 6.45) is 1.81. The van der Waals surface area contributed by atoms with Crippen molar-refractivity contribution in [2.45, 2.75) is 12.6 Å². The van der Waals surface area contributed by atoms with Gasteiger partial charge in [0.15, 0.2) is 0 Å². The smallest absolute Gasteiger partial charge is 0.108 e. The van der Waals surface area contributed by atoms with Gasteiger partial charge in [0.25, 0.3) is 0 Å². The maximum absolute atomic E-state index is 8.70. The second-order valence-electron chi connectivity index (χ2n) is 2.54. The molecular formula is C6H9N3OS. The molecule has 11 heavy (non-hydrogen) atoms. The number of rotatable bonds is 2. The van der Waals surface area contributed by atoms with Crippen LogP contribution in [0.25, 0.3) is 0 Å². The van der Waals surface area contributed by atoms with E-state index in [4.69, 9.17) is 5.11 Å². The largest absolute Gasteiger partial charge is 0.390 e. The van der Waals surface area contributed by atoms with E-state index in [1.165, 1.54) is 0 Å². The molecule has 0 bridgehead atoms. The minimum atomic E-state index is -0.0140. The minimum Gasteiger partial charge on any atom is -0.390 e. The predicted octanol–water partition coefficient (Wildman–Crippen LogP) is 0.0583. The lowest BCUT2D eigenvalue weighted by Crippen LogP contribution is -2.23. The lowest BCUT2D eigenvalue weighted by Gasteiger charge is -2.24. The van der Waals surface area contributed by atoms with Crippen molar-refractivity contribution in [2.75, 3.05) is 11.5 Å². The molecule has 1 aliphatic heterocycles. The molecule has 0 saturated carbocycles. The molecule has 60 valence electrons. The third kappa shape index (κ3) is 1.25. The molecule has 1 saturated heterocycles. The van der Waals surface area contributed by atoms with Crippen molar-refractivity contribution in [1.82, 2.24) is 15.0 Å². The van der Waals surface area contributed by atoms with Gasteiger partial charge < -0.3 is 5.11 Å². The second-order valence-corrected chi connectivity index (χ2v) is 3.61. The van der Waals surface area contributed by atoms with E-state index in [1.807, 2.05) is 22.6 Å². The zero-order valence-electron chi connectivity index (χ0n) is 5.97. The highest BCUT2D eigenvalue weighted by molar-refractivity contribution is 8.00. The highest BCUT2D eigenvalue weighted by Crippen LogP contribution is 2.28. The summed E-state index contributed by atoms with van der Waals surface area (Å²) in [7, 11) is 0. The van der Waals surface area contributed by atoms with Crippen molar-refractivity contribution in [3.05, 3.63) is 11.9 Å². The van der Waals surface area contributed by atoms with E-state index in [1.54, 1.807) is 0 Å². The number of hydrogen-bond acceptors (Lipinski definition) is 4. The van der Waals surface area contributed by atoms with E-state index in [-0.39, 0.29) is 6.61 Å². The number of aromatic nitrogens is 3. The first kappa shape index (κ1) is 7.12. The molecule has 0 aliphatic carbocycles. The van der Waals surface area contributed by atoms with Crippen LogP contribution in [0.4, 0.5) is 0 Å². The molecule has 1 aliphatic rings. The average molecular weight is 171 g/mol. The van der Waals surface area contributed by atoms with Gasteiger partial charge in [-0.15, -0.1) is 5.10 Å². The molecule has 0 spiro atoms. The Morgan fingerprint density at radius 1 is 1.73 bits per heavy atom. The zero-order chi connectivity index (χ0) is 7.68. The van der Waals surface area contributed by atoms with Gasteiger partial charge in [-0.2, -0.15) is 11.8 Å². The molecule has 1 aromatic heterocycles. The molecule has 0 atom stereocenters. The van der Waals surface area contributed by atoms with E-state index >= 15 is 0 Å². The first-order chi connectivity index (χ1) is 5.40. The van der Waals surface area contributed by atoms with Crippen LogP contribution in [0, 0.1) is 0 Å². The second kappa shape index (κ2) is 2.83. The summed E-state index contributed by atoms with van der Waals surface area (Å²) in [5, 5.41) is 16.4. The Kier molecular flexibility index (Phi) is 1.83. The van der Waals surface area contributed by atoms with Gasteiger partial charge in [0.2, 0.25) is 0 Å². The van der Waals surface area contributed by atoms with Gasteiger partial charge >= 0.3 is 0 Å². The van der Waals surface area contributed by atoms with Crippen molar-refractivity contribution >= 4 is 11.8 Å². The minimum absolute atomic E-state index is 0.0140. The van der Waals surface area contributed by atoms with Crippen molar-refractivity contribution < 1.29 is 5.11 Å². The van der Waals surface area contributed by atoms with E-state index in [0.29, 0.717) is 11.7 Å². The maximum atomic E-state index is 8.70. The topological polar surface area (TPSA) is 50.9 Å². The molecule has 1 aromatic rings.